The predicted octanol–water partition coefficient (Wildman–Crippen LogP) is 3.24. The number of allylic oxidation sites excluding steroid dienone is 1. The summed E-state index contributed by atoms with van der Waals surface area (Å²) in [5.41, 5.74) is 1.19. The van der Waals surface area contributed by atoms with Crippen LogP contribution in [0.1, 0.15) is 43.1 Å². The molecule has 0 aliphatic rings. The molecular formula is C14H16O3. The molecule has 0 amide bonds. The van der Waals surface area contributed by atoms with Gasteiger partial charge >= 0.3 is 5.97 Å². The highest BCUT2D eigenvalue weighted by Gasteiger charge is 2.15. The average molecular weight is 232 g/mol. The van der Waals surface area contributed by atoms with Gasteiger partial charge in [0.1, 0.15) is 5.75 Å². The number of ketones is 1. The second-order valence-corrected chi connectivity index (χ2v) is 3.59. The lowest BCUT2D eigenvalue weighted by molar-refractivity contribution is -0.131. The van der Waals surface area contributed by atoms with E-state index in [0.717, 1.165) is 5.56 Å². The van der Waals surface area contributed by atoms with E-state index in [1.54, 1.807) is 19.1 Å². The van der Waals surface area contributed by atoms with Gasteiger partial charge in [0, 0.05) is 18.9 Å². The third-order valence-electron chi connectivity index (χ3n) is 2.26. The van der Waals surface area contributed by atoms with Crippen molar-refractivity contribution in [2.24, 2.45) is 0 Å². The molecule has 0 aliphatic carbocycles. The van der Waals surface area contributed by atoms with Crippen LogP contribution in [0.15, 0.2) is 24.3 Å². The Bertz CT molecular complexity index is 459. The van der Waals surface area contributed by atoms with E-state index in [1.807, 2.05) is 25.1 Å². The minimum Gasteiger partial charge on any atom is -0.425 e. The number of para-hydroxylation sites is 1. The molecule has 0 aromatic heterocycles. The molecular weight excluding hydrogens is 216 g/mol. The third-order valence-corrected chi connectivity index (χ3v) is 2.26. The highest BCUT2D eigenvalue weighted by molar-refractivity contribution is 6.00. The predicted molar refractivity (Wildman–Crippen MR) is 67.1 cm³/mol. The fourth-order valence-electron chi connectivity index (χ4n) is 1.53. The first-order valence-electron chi connectivity index (χ1n) is 5.57. The molecule has 0 heterocycles. The largest absolute Gasteiger partial charge is 0.425 e. The maximum Gasteiger partial charge on any atom is 0.308 e. The zero-order valence-electron chi connectivity index (χ0n) is 10.3. The molecule has 0 bridgehead atoms. The number of esters is 1. The molecule has 0 fully saturated rings. The molecule has 0 saturated carbocycles. The van der Waals surface area contributed by atoms with Crippen molar-refractivity contribution in [3.63, 3.8) is 0 Å². The van der Waals surface area contributed by atoms with Gasteiger partial charge in [-0.05, 0) is 13.0 Å². The Kier molecular flexibility index (Phi) is 4.64. The monoisotopic (exact) mass is 232 g/mol. The van der Waals surface area contributed by atoms with Gasteiger partial charge < -0.3 is 4.74 Å². The van der Waals surface area contributed by atoms with E-state index in [0.29, 0.717) is 17.7 Å². The van der Waals surface area contributed by atoms with E-state index in [9.17, 15) is 9.59 Å². The molecule has 1 aromatic rings. The van der Waals surface area contributed by atoms with E-state index < -0.39 is 5.97 Å². The van der Waals surface area contributed by atoms with Gasteiger partial charge in [-0.15, -0.1) is 0 Å². The quantitative estimate of drug-likeness (QED) is 0.454. The normalized spacial score (nSPS) is 10.5. The fourth-order valence-corrected chi connectivity index (χ4v) is 1.53. The molecule has 0 N–H and O–H groups in total. The Morgan fingerprint density at radius 2 is 2.06 bits per heavy atom. The number of hydrogen-bond donors (Lipinski definition) is 0. The zero-order valence-corrected chi connectivity index (χ0v) is 10.3. The van der Waals surface area contributed by atoms with Crippen molar-refractivity contribution in [3.05, 3.63) is 35.4 Å². The number of Topliss-reactive ketones (excluding diaryl/α,β-unsaturated/α-hetero) is 1. The molecule has 0 atom stereocenters. The second kappa shape index (κ2) is 5.99. The van der Waals surface area contributed by atoms with Gasteiger partial charge in [0.15, 0.2) is 5.78 Å². The number of rotatable bonds is 4. The second-order valence-electron chi connectivity index (χ2n) is 3.59. The minimum absolute atomic E-state index is 0.0346. The summed E-state index contributed by atoms with van der Waals surface area (Å²) >= 11 is 0. The number of hydrogen-bond acceptors (Lipinski definition) is 3. The lowest BCUT2D eigenvalue weighted by Gasteiger charge is -2.10. The molecule has 0 spiro atoms. The molecule has 0 aliphatic heterocycles. The minimum atomic E-state index is -0.424. The highest BCUT2D eigenvalue weighted by Crippen LogP contribution is 2.26. The van der Waals surface area contributed by atoms with Crippen LogP contribution in [0.25, 0.3) is 6.08 Å². The van der Waals surface area contributed by atoms with E-state index >= 15 is 0 Å². The van der Waals surface area contributed by atoms with Crippen molar-refractivity contribution in [1.82, 2.24) is 0 Å². The summed E-state index contributed by atoms with van der Waals surface area (Å²) in [6.45, 7) is 4.97. The fraction of sp³-hybridized carbons (Fsp3) is 0.286. The van der Waals surface area contributed by atoms with Gasteiger partial charge in [0.05, 0.1) is 5.56 Å². The molecule has 0 radical (unpaired) electrons. The molecule has 0 saturated heterocycles. The molecule has 1 aromatic carbocycles. The molecule has 0 unspecified atom stereocenters. The Labute approximate surface area is 101 Å². The van der Waals surface area contributed by atoms with E-state index in [-0.39, 0.29) is 5.78 Å². The van der Waals surface area contributed by atoms with Crippen LogP contribution >= 0.6 is 0 Å². The van der Waals surface area contributed by atoms with Gasteiger partial charge in [-0.25, -0.2) is 0 Å². The number of benzene rings is 1. The van der Waals surface area contributed by atoms with Crippen LogP contribution in [0.3, 0.4) is 0 Å². The van der Waals surface area contributed by atoms with Crippen LogP contribution in [0.2, 0.25) is 0 Å². The summed E-state index contributed by atoms with van der Waals surface area (Å²) in [5.74, 6) is -0.107. The first kappa shape index (κ1) is 13.2. The van der Waals surface area contributed by atoms with Gasteiger partial charge in [0.2, 0.25) is 0 Å². The maximum absolute atomic E-state index is 11.8. The van der Waals surface area contributed by atoms with Crippen LogP contribution in [-0.2, 0) is 4.79 Å². The van der Waals surface area contributed by atoms with E-state index in [4.69, 9.17) is 4.74 Å². The summed E-state index contributed by atoms with van der Waals surface area (Å²) in [4.78, 5) is 22.8. The number of carbonyl (C=O) groups is 2. The van der Waals surface area contributed by atoms with E-state index in [1.165, 1.54) is 6.92 Å². The van der Waals surface area contributed by atoms with Gasteiger partial charge in [0.25, 0.3) is 0 Å². The maximum atomic E-state index is 11.8. The Morgan fingerprint density at radius 3 is 2.59 bits per heavy atom. The smallest absolute Gasteiger partial charge is 0.308 e. The number of carbonyl (C=O) groups excluding carboxylic acids is 2. The van der Waals surface area contributed by atoms with Gasteiger partial charge in [-0.3, -0.25) is 9.59 Å². The zero-order chi connectivity index (χ0) is 12.8. The molecule has 17 heavy (non-hydrogen) atoms. The summed E-state index contributed by atoms with van der Waals surface area (Å²) in [7, 11) is 0. The van der Waals surface area contributed by atoms with Crippen molar-refractivity contribution in [2.75, 3.05) is 0 Å². The average Bonchev–Trinajstić information content (AvgIpc) is 2.30. The van der Waals surface area contributed by atoms with Gasteiger partial charge in [-0.1, -0.05) is 31.2 Å². The van der Waals surface area contributed by atoms with Crippen molar-refractivity contribution >= 4 is 17.8 Å². The number of ether oxygens (including phenoxy) is 1. The molecule has 1 rings (SSSR count). The third kappa shape index (κ3) is 3.28. The Hall–Kier alpha value is -1.90. The highest BCUT2D eigenvalue weighted by atomic mass is 16.5. The van der Waals surface area contributed by atoms with Crippen LogP contribution in [0, 0.1) is 0 Å². The summed E-state index contributed by atoms with van der Waals surface area (Å²) in [6.07, 6.45) is 4.03. The van der Waals surface area contributed by atoms with Gasteiger partial charge in [-0.2, -0.15) is 0 Å². The lowest BCUT2D eigenvalue weighted by Crippen LogP contribution is -2.08. The first-order valence-corrected chi connectivity index (χ1v) is 5.57. The van der Waals surface area contributed by atoms with Crippen LogP contribution in [0.5, 0.6) is 5.75 Å². The first-order chi connectivity index (χ1) is 8.10. The summed E-state index contributed by atoms with van der Waals surface area (Å²) < 4.78 is 5.14. The summed E-state index contributed by atoms with van der Waals surface area (Å²) in [6, 6.07) is 5.27. The van der Waals surface area contributed by atoms with Crippen molar-refractivity contribution in [2.45, 2.75) is 27.2 Å². The van der Waals surface area contributed by atoms with E-state index in [2.05, 4.69) is 0 Å². The van der Waals surface area contributed by atoms with Crippen molar-refractivity contribution in [3.8, 4) is 5.75 Å². The Morgan fingerprint density at radius 1 is 1.35 bits per heavy atom. The molecule has 90 valence electrons. The SMILES string of the molecule is CC=Cc1cccc(C(=O)CC)c1OC(C)=O. The lowest BCUT2D eigenvalue weighted by atomic mass is 10.0. The van der Waals surface area contributed by atoms with Crippen LogP contribution in [-0.4, -0.2) is 11.8 Å². The summed E-state index contributed by atoms with van der Waals surface area (Å²) in [5, 5.41) is 0. The van der Waals surface area contributed by atoms with Crippen LogP contribution < -0.4 is 4.74 Å². The standard InChI is InChI=1S/C14H16O3/c1-4-7-11-8-6-9-12(13(16)5-2)14(11)17-10(3)15/h4,6-9H,5H2,1-3H3. The Balaban J connectivity index is 3.33. The van der Waals surface area contributed by atoms with Crippen molar-refractivity contribution < 1.29 is 14.3 Å². The molecule has 3 heteroatoms. The van der Waals surface area contributed by atoms with Crippen LogP contribution in [0.4, 0.5) is 0 Å². The molecule has 3 nitrogen and oxygen atoms in total. The van der Waals surface area contributed by atoms with Crippen molar-refractivity contribution in [1.29, 1.82) is 0 Å². The topological polar surface area (TPSA) is 43.4 Å².